The van der Waals surface area contributed by atoms with Gasteiger partial charge in [0.05, 0.1) is 30.7 Å². The molecule has 158 valence electrons. The predicted octanol–water partition coefficient (Wildman–Crippen LogP) is 3.32. The van der Waals surface area contributed by atoms with Crippen molar-refractivity contribution in [1.82, 2.24) is 10.0 Å². The third kappa shape index (κ3) is 5.71. The topological polar surface area (TPSA) is 97.6 Å². The molecule has 7 nitrogen and oxygen atoms in total. The van der Waals surface area contributed by atoms with Gasteiger partial charge in [-0.25, -0.2) is 8.42 Å². The van der Waals surface area contributed by atoms with Gasteiger partial charge >= 0.3 is 0 Å². The minimum Gasteiger partial charge on any atom is -0.497 e. The zero-order valence-corrected chi connectivity index (χ0v) is 17.6. The summed E-state index contributed by atoms with van der Waals surface area (Å²) in [7, 11) is -2.37. The molecular formula is C22H24N2O5S. The highest BCUT2D eigenvalue weighted by Gasteiger charge is 2.25. The van der Waals surface area contributed by atoms with Crippen LogP contribution in [0.4, 0.5) is 0 Å². The van der Waals surface area contributed by atoms with Crippen LogP contribution in [0, 0.1) is 6.92 Å². The van der Waals surface area contributed by atoms with E-state index in [0.717, 1.165) is 11.1 Å². The second-order valence-electron chi connectivity index (χ2n) is 6.83. The van der Waals surface area contributed by atoms with Crippen LogP contribution in [0.15, 0.2) is 76.2 Å². The first kappa shape index (κ1) is 21.6. The molecule has 0 radical (unpaired) electrons. The van der Waals surface area contributed by atoms with Gasteiger partial charge in [0.1, 0.15) is 11.5 Å². The molecule has 8 heteroatoms. The van der Waals surface area contributed by atoms with Crippen molar-refractivity contribution in [2.45, 2.75) is 30.8 Å². The second-order valence-corrected chi connectivity index (χ2v) is 8.55. The van der Waals surface area contributed by atoms with Gasteiger partial charge in [0.15, 0.2) is 0 Å². The van der Waals surface area contributed by atoms with Crippen molar-refractivity contribution in [2.75, 3.05) is 7.11 Å². The Morgan fingerprint density at radius 1 is 1.07 bits per heavy atom. The Labute approximate surface area is 176 Å². The highest BCUT2D eigenvalue weighted by atomic mass is 32.2. The second kappa shape index (κ2) is 9.60. The summed E-state index contributed by atoms with van der Waals surface area (Å²) in [6.07, 6.45) is 1.34. The summed E-state index contributed by atoms with van der Waals surface area (Å²) in [6, 6.07) is 16.3. The lowest BCUT2D eigenvalue weighted by atomic mass is 10.1. The number of furan rings is 1. The summed E-state index contributed by atoms with van der Waals surface area (Å²) in [5, 5.41) is 2.82. The fraction of sp³-hybridized carbons (Fsp3) is 0.227. The molecule has 30 heavy (non-hydrogen) atoms. The molecule has 2 aromatic carbocycles. The lowest BCUT2D eigenvalue weighted by Crippen LogP contribution is -2.33. The number of hydrogen-bond donors (Lipinski definition) is 2. The van der Waals surface area contributed by atoms with E-state index in [1.807, 2.05) is 31.2 Å². The van der Waals surface area contributed by atoms with Gasteiger partial charge in [-0.1, -0.05) is 29.8 Å². The monoisotopic (exact) mass is 428 g/mol. The number of amides is 1. The number of sulfonamides is 1. The Kier molecular flexibility index (Phi) is 6.91. The number of methoxy groups -OCH3 is 1. The van der Waals surface area contributed by atoms with Gasteiger partial charge in [-0.05, 0) is 48.9 Å². The van der Waals surface area contributed by atoms with Crippen molar-refractivity contribution in [3.8, 4) is 5.75 Å². The summed E-state index contributed by atoms with van der Waals surface area (Å²) >= 11 is 0. The number of ether oxygens (including phenoxy) is 1. The number of nitrogens with one attached hydrogen (secondary N) is 2. The van der Waals surface area contributed by atoms with E-state index in [-0.39, 0.29) is 17.2 Å². The van der Waals surface area contributed by atoms with E-state index in [1.54, 1.807) is 24.3 Å². The summed E-state index contributed by atoms with van der Waals surface area (Å²) in [5.41, 5.74) is 2.10. The van der Waals surface area contributed by atoms with E-state index >= 15 is 0 Å². The average molecular weight is 429 g/mol. The molecule has 0 aliphatic carbocycles. The highest BCUT2D eigenvalue weighted by molar-refractivity contribution is 7.89. The summed E-state index contributed by atoms with van der Waals surface area (Å²) in [5.74, 6) is 0.610. The van der Waals surface area contributed by atoms with Crippen LogP contribution in [-0.2, 0) is 21.4 Å². The van der Waals surface area contributed by atoms with Gasteiger partial charge in [-0.2, -0.15) is 4.72 Å². The van der Waals surface area contributed by atoms with Crippen molar-refractivity contribution in [1.29, 1.82) is 0 Å². The van der Waals surface area contributed by atoms with E-state index in [9.17, 15) is 13.2 Å². The first-order valence-electron chi connectivity index (χ1n) is 9.39. The van der Waals surface area contributed by atoms with Crippen molar-refractivity contribution in [3.63, 3.8) is 0 Å². The van der Waals surface area contributed by atoms with E-state index in [0.29, 0.717) is 18.1 Å². The van der Waals surface area contributed by atoms with Crippen LogP contribution >= 0.6 is 0 Å². The van der Waals surface area contributed by atoms with Crippen molar-refractivity contribution >= 4 is 15.9 Å². The molecule has 3 aromatic rings. The number of benzene rings is 2. The van der Waals surface area contributed by atoms with Crippen LogP contribution in [-0.4, -0.2) is 21.4 Å². The van der Waals surface area contributed by atoms with Crippen LogP contribution in [0.3, 0.4) is 0 Å². The third-order valence-corrected chi connectivity index (χ3v) is 6.04. The molecule has 0 fully saturated rings. The molecule has 1 atom stereocenters. The lowest BCUT2D eigenvalue weighted by molar-refractivity contribution is -0.121. The van der Waals surface area contributed by atoms with E-state index in [4.69, 9.17) is 9.15 Å². The standard InChI is InChI=1S/C22H24N2O5S/c1-16-5-7-17(8-6-16)15-23-22(25)14-20(21-4-3-13-29-21)24-30(26,27)19-11-9-18(28-2)10-12-19/h3-13,20,24H,14-15H2,1-2H3,(H,23,25). The van der Waals surface area contributed by atoms with Gasteiger partial charge in [-0.3, -0.25) is 4.79 Å². The summed E-state index contributed by atoms with van der Waals surface area (Å²) in [4.78, 5) is 12.6. The quantitative estimate of drug-likeness (QED) is 0.545. The van der Waals surface area contributed by atoms with Crippen LogP contribution in [0.5, 0.6) is 5.75 Å². The number of carbonyl (C=O) groups excluding carboxylic acids is 1. The first-order valence-corrected chi connectivity index (χ1v) is 10.9. The molecule has 3 rings (SSSR count). The number of rotatable bonds is 9. The third-order valence-electron chi connectivity index (χ3n) is 4.55. The molecule has 0 aliphatic rings. The van der Waals surface area contributed by atoms with Gasteiger partial charge in [0.2, 0.25) is 15.9 Å². The van der Waals surface area contributed by atoms with E-state index < -0.39 is 16.1 Å². The van der Waals surface area contributed by atoms with Crippen molar-refractivity contribution in [3.05, 3.63) is 83.8 Å². The molecule has 0 saturated carbocycles. The molecule has 1 unspecified atom stereocenters. The Balaban J connectivity index is 1.69. The molecule has 0 spiro atoms. The normalized spacial score (nSPS) is 12.3. The fourth-order valence-electron chi connectivity index (χ4n) is 2.86. The Bertz CT molecular complexity index is 1060. The number of aryl methyl sites for hydroxylation is 1. The summed E-state index contributed by atoms with van der Waals surface area (Å²) in [6.45, 7) is 2.35. The number of carbonyl (C=O) groups is 1. The zero-order chi connectivity index (χ0) is 21.6. The molecule has 1 heterocycles. The van der Waals surface area contributed by atoms with Gasteiger partial charge < -0.3 is 14.5 Å². The molecule has 2 N–H and O–H groups in total. The Morgan fingerprint density at radius 3 is 2.37 bits per heavy atom. The maximum Gasteiger partial charge on any atom is 0.241 e. The molecule has 1 amide bonds. The summed E-state index contributed by atoms with van der Waals surface area (Å²) < 4.78 is 38.6. The van der Waals surface area contributed by atoms with E-state index in [2.05, 4.69) is 10.0 Å². The lowest BCUT2D eigenvalue weighted by Gasteiger charge is -2.17. The Morgan fingerprint density at radius 2 is 1.77 bits per heavy atom. The van der Waals surface area contributed by atoms with Crippen LogP contribution in [0.2, 0.25) is 0 Å². The van der Waals surface area contributed by atoms with Gasteiger partial charge in [-0.15, -0.1) is 0 Å². The fourth-order valence-corrected chi connectivity index (χ4v) is 4.07. The largest absolute Gasteiger partial charge is 0.497 e. The predicted molar refractivity (Wildman–Crippen MR) is 112 cm³/mol. The Hall–Kier alpha value is -3.10. The maximum absolute atomic E-state index is 12.8. The zero-order valence-electron chi connectivity index (χ0n) is 16.8. The van der Waals surface area contributed by atoms with Crippen LogP contribution in [0.1, 0.15) is 29.3 Å². The van der Waals surface area contributed by atoms with Gasteiger partial charge in [0, 0.05) is 6.54 Å². The smallest absolute Gasteiger partial charge is 0.241 e. The highest BCUT2D eigenvalue weighted by Crippen LogP contribution is 2.22. The van der Waals surface area contributed by atoms with Crippen LogP contribution < -0.4 is 14.8 Å². The maximum atomic E-state index is 12.8. The minimum absolute atomic E-state index is 0.0694. The SMILES string of the molecule is COc1ccc(S(=O)(=O)NC(CC(=O)NCc2ccc(C)cc2)c2ccco2)cc1. The average Bonchev–Trinajstić information content (AvgIpc) is 3.28. The van der Waals surface area contributed by atoms with Gasteiger partial charge in [0.25, 0.3) is 0 Å². The minimum atomic E-state index is -3.87. The van der Waals surface area contributed by atoms with E-state index in [1.165, 1.54) is 25.5 Å². The molecular weight excluding hydrogens is 404 g/mol. The van der Waals surface area contributed by atoms with Crippen molar-refractivity contribution < 1.29 is 22.4 Å². The molecule has 1 aromatic heterocycles. The van der Waals surface area contributed by atoms with Crippen LogP contribution in [0.25, 0.3) is 0 Å². The first-order chi connectivity index (χ1) is 14.4. The molecule has 0 saturated heterocycles. The molecule has 0 aliphatic heterocycles. The number of hydrogen-bond acceptors (Lipinski definition) is 5. The van der Waals surface area contributed by atoms with Crippen molar-refractivity contribution in [2.24, 2.45) is 0 Å². The molecule has 0 bridgehead atoms.